The maximum atomic E-state index is 13.2. The van der Waals surface area contributed by atoms with Crippen molar-refractivity contribution in [3.63, 3.8) is 0 Å². The molecule has 0 aliphatic rings. The van der Waals surface area contributed by atoms with Crippen molar-refractivity contribution in [2.75, 3.05) is 13.7 Å². The number of halogens is 2. The van der Waals surface area contributed by atoms with Crippen molar-refractivity contribution in [2.24, 2.45) is 5.92 Å². The summed E-state index contributed by atoms with van der Waals surface area (Å²) in [4.78, 5) is 28.0. The Hall–Kier alpha value is -2.27. The fourth-order valence-electron chi connectivity index (χ4n) is 3.42. The lowest BCUT2D eigenvalue weighted by atomic mass is 10.0. The van der Waals surface area contributed by atoms with E-state index in [4.69, 9.17) is 27.9 Å². The second kappa shape index (κ2) is 11.0. The summed E-state index contributed by atoms with van der Waals surface area (Å²) in [5.41, 5.74) is 1.65. The Labute approximate surface area is 208 Å². The molecule has 0 aliphatic carbocycles. The number of aromatic nitrogens is 4. The van der Waals surface area contributed by atoms with E-state index in [0.717, 1.165) is 9.87 Å². The van der Waals surface area contributed by atoms with Crippen LogP contribution in [-0.2, 0) is 26.0 Å². The molecule has 184 valence electrons. The van der Waals surface area contributed by atoms with Gasteiger partial charge in [0, 0.05) is 13.5 Å². The van der Waals surface area contributed by atoms with E-state index in [-0.39, 0.29) is 27.9 Å². The normalized spacial score (nSPS) is 13.1. The van der Waals surface area contributed by atoms with Crippen LogP contribution in [-0.4, -0.2) is 58.3 Å². The van der Waals surface area contributed by atoms with Gasteiger partial charge < -0.3 is 9.72 Å². The summed E-state index contributed by atoms with van der Waals surface area (Å²) in [6.45, 7) is 6.00. The number of likely N-dealkylation sites (N-methyl/N-ethyl adjacent to an activating group) is 1. The van der Waals surface area contributed by atoms with Crippen LogP contribution in [0.25, 0.3) is 11.2 Å². The van der Waals surface area contributed by atoms with Crippen LogP contribution >= 0.6 is 23.2 Å². The van der Waals surface area contributed by atoms with Crippen molar-refractivity contribution in [3.8, 4) is 0 Å². The minimum atomic E-state index is -3.92. The summed E-state index contributed by atoms with van der Waals surface area (Å²) in [5.74, 6) is 0.151. The van der Waals surface area contributed by atoms with Crippen LogP contribution in [0.4, 0.5) is 0 Å². The molecule has 2 heterocycles. The Bertz CT molecular complexity index is 1260. The monoisotopic (exact) mass is 527 g/mol. The lowest BCUT2D eigenvalue weighted by molar-refractivity contribution is -0.148. The number of benzene rings is 1. The van der Waals surface area contributed by atoms with Crippen LogP contribution in [0.3, 0.4) is 0 Å². The van der Waals surface area contributed by atoms with E-state index >= 15 is 0 Å². The van der Waals surface area contributed by atoms with E-state index in [1.807, 2.05) is 20.8 Å². The highest BCUT2D eigenvalue weighted by molar-refractivity contribution is 7.89. The number of rotatable bonds is 10. The first kappa shape index (κ1) is 26.3. The van der Waals surface area contributed by atoms with Crippen LogP contribution in [0, 0.1) is 5.92 Å². The summed E-state index contributed by atoms with van der Waals surface area (Å²) in [6.07, 6.45) is 1.41. The predicted octanol–water partition coefficient (Wildman–Crippen LogP) is 4.24. The van der Waals surface area contributed by atoms with E-state index in [9.17, 15) is 13.2 Å². The molecule has 0 aliphatic heterocycles. The molecule has 34 heavy (non-hydrogen) atoms. The van der Waals surface area contributed by atoms with Crippen molar-refractivity contribution in [1.82, 2.24) is 24.2 Å². The maximum Gasteiger partial charge on any atom is 0.324 e. The number of hydrogen-bond donors (Lipinski definition) is 1. The molecule has 0 fully saturated rings. The highest BCUT2D eigenvalue weighted by Crippen LogP contribution is 2.24. The zero-order chi connectivity index (χ0) is 25.0. The molecule has 3 aromatic rings. The van der Waals surface area contributed by atoms with Crippen molar-refractivity contribution in [2.45, 2.75) is 51.0 Å². The van der Waals surface area contributed by atoms with Crippen molar-refractivity contribution in [3.05, 3.63) is 46.1 Å². The molecule has 0 spiro atoms. The third kappa shape index (κ3) is 6.04. The van der Waals surface area contributed by atoms with Gasteiger partial charge in [-0.05, 0) is 48.1 Å². The van der Waals surface area contributed by atoms with Gasteiger partial charge in [0.05, 0.1) is 11.5 Å². The number of nitrogens with one attached hydrogen (secondary N) is 1. The lowest BCUT2D eigenvalue weighted by Gasteiger charge is -2.27. The summed E-state index contributed by atoms with van der Waals surface area (Å²) >= 11 is 11.9. The van der Waals surface area contributed by atoms with Crippen LogP contribution < -0.4 is 0 Å². The largest absolute Gasteiger partial charge is 0.465 e. The third-order valence-corrected chi connectivity index (χ3v) is 7.46. The van der Waals surface area contributed by atoms with E-state index in [1.165, 1.54) is 19.2 Å². The molecule has 1 atom stereocenters. The topological polar surface area (TPSA) is 118 Å². The number of nitrogens with zero attached hydrogens (tertiary/aromatic N) is 4. The number of carbonyl (C=O) groups excluding carboxylic acids is 1. The van der Waals surface area contributed by atoms with E-state index < -0.39 is 22.0 Å². The quantitative estimate of drug-likeness (QED) is 0.238. The average molecular weight is 528 g/mol. The number of aromatic amines is 1. The predicted molar refractivity (Wildman–Crippen MR) is 130 cm³/mol. The van der Waals surface area contributed by atoms with Gasteiger partial charge in [0.2, 0.25) is 15.3 Å². The van der Waals surface area contributed by atoms with Crippen LogP contribution in [0.2, 0.25) is 10.4 Å². The molecular weight excluding hydrogens is 501 g/mol. The van der Waals surface area contributed by atoms with Crippen LogP contribution in [0.5, 0.6) is 0 Å². The summed E-state index contributed by atoms with van der Waals surface area (Å²) in [6, 6.07) is 5.51. The lowest BCUT2D eigenvalue weighted by Crippen LogP contribution is -2.44. The molecule has 0 saturated heterocycles. The highest BCUT2D eigenvalue weighted by atomic mass is 35.5. The average Bonchev–Trinajstić information content (AvgIpc) is 3.18. The van der Waals surface area contributed by atoms with Crippen LogP contribution in [0.1, 0.15) is 45.0 Å². The number of esters is 1. The number of H-pyrrole nitrogens is 1. The van der Waals surface area contributed by atoms with Gasteiger partial charge in [-0.3, -0.25) is 4.79 Å². The molecular formula is C22H27Cl2N5O4S. The Balaban J connectivity index is 1.80. The van der Waals surface area contributed by atoms with Gasteiger partial charge in [-0.25, -0.2) is 18.4 Å². The van der Waals surface area contributed by atoms with Gasteiger partial charge in [0.15, 0.2) is 10.8 Å². The van der Waals surface area contributed by atoms with Gasteiger partial charge >= 0.3 is 5.97 Å². The maximum absolute atomic E-state index is 13.2. The molecule has 0 bridgehead atoms. The van der Waals surface area contributed by atoms with Crippen molar-refractivity contribution < 1.29 is 17.9 Å². The Morgan fingerprint density at radius 2 is 1.82 bits per heavy atom. The highest BCUT2D eigenvalue weighted by Gasteiger charge is 2.34. The Morgan fingerprint density at radius 3 is 2.44 bits per heavy atom. The number of ether oxygens (including phenoxy) is 1. The summed E-state index contributed by atoms with van der Waals surface area (Å²) in [7, 11) is -2.51. The Kier molecular flexibility index (Phi) is 8.51. The molecule has 0 saturated carbocycles. The second-order valence-electron chi connectivity index (χ2n) is 8.32. The first-order valence-electron chi connectivity index (χ1n) is 10.8. The molecule has 1 aromatic carbocycles. The number of fused-ring (bicyclic) bond motifs is 1. The number of hydrogen-bond acceptors (Lipinski definition) is 7. The first-order chi connectivity index (χ1) is 16.0. The molecule has 3 rings (SSSR count). The number of imidazole rings is 1. The van der Waals surface area contributed by atoms with Crippen molar-refractivity contribution >= 4 is 50.4 Å². The van der Waals surface area contributed by atoms with E-state index in [2.05, 4.69) is 19.9 Å². The Morgan fingerprint density at radius 1 is 1.15 bits per heavy atom. The van der Waals surface area contributed by atoms with Gasteiger partial charge in [-0.2, -0.15) is 9.29 Å². The number of carbonyl (C=O) groups is 1. The zero-order valence-corrected chi connectivity index (χ0v) is 21.7. The van der Waals surface area contributed by atoms with Gasteiger partial charge in [0.1, 0.15) is 17.4 Å². The molecule has 0 radical (unpaired) electrons. The van der Waals surface area contributed by atoms with E-state index in [0.29, 0.717) is 36.3 Å². The van der Waals surface area contributed by atoms with Gasteiger partial charge in [-0.1, -0.05) is 44.5 Å². The smallest absolute Gasteiger partial charge is 0.324 e. The fraction of sp³-hybridized carbons (Fsp3) is 0.455. The molecule has 2 aromatic heterocycles. The SMILES string of the molecule is CCCOC(=O)[C@H](CC(C)C)N(C)S(=O)(=O)c1ccc(Cc2nc3c(Cl)nc(Cl)nc3[nH]2)cc1. The van der Waals surface area contributed by atoms with E-state index in [1.54, 1.807) is 12.1 Å². The van der Waals surface area contributed by atoms with Gasteiger partial charge in [0.25, 0.3) is 0 Å². The molecule has 9 nitrogen and oxygen atoms in total. The molecule has 0 amide bonds. The van der Waals surface area contributed by atoms with Gasteiger partial charge in [-0.15, -0.1) is 0 Å². The van der Waals surface area contributed by atoms with Crippen LogP contribution in [0.15, 0.2) is 29.2 Å². The van der Waals surface area contributed by atoms with Crippen molar-refractivity contribution in [1.29, 1.82) is 0 Å². The molecule has 0 unspecified atom stereocenters. The molecule has 12 heteroatoms. The zero-order valence-electron chi connectivity index (χ0n) is 19.4. The summed E-state index contributed by atoms with van der Waals surface area (Å²) in [5, 5.41) is 0.163. The number of sulfonamides is 1. The minimum absolute atomic E-state index is 0.0146. The minimum Gasteiger partial charge on any atom is -0.465 e. The summed E-state index contributed by atoms with van der Waals surface area (Å²) < 4.78 is 32.8. The third-order valence-electron chi connectivity index (χ3n) is 5.15. The molecule has 1 N–H and O–H groups in total. The fourth-order valence-corrected chi connectivity index (χ4v) is 5.16. The second-order valence-corrected chi connectivity index (χ2v) is 11.0. The first-order valence-corrected chi connectivity index (χ1v) is 13.0. The standard InChI is InChI=1S/C22H27Cl2N5O4S/c1-5-10-33-21(30)16(11-13(2)3)29(4)34(31,32)15-8-6-14(7-9-15)12-17-25-18-19(23)27-22(24)28-20(18)26-17/h6-9,13,16H,5,10-12H2,1-4H3,(H,25,26,27,28)/t16-/m0/s1.